The third-order valence-electron chi connectivity index (χ3n) is 2.38. The van der Waals surface area contributed by atoms with Gasteiger partial charge in [0, 0.05) is 25.2 Å². The summed E-state index contributed by atoms with van der Waals surface area (Å²) in [5, 5.41) is 4.15. The molecule has 4 heteroatoms. The quantitative estimate of drug-likeness (QED) is 0.761. The van der Waals surface area contributed by atoms with Crippen LogP contribution in [-0.4, -0.2) is 22.1 Å². The summed E-state index contributed by atoms with van der Waals surface area (Å²) in [5.74, 6) is 0.138. The summed E-state index contributed by atoms with van der Waals surface area (Å²) >= 11 is 0. The maximum absolute atomic E-state index is 11.7. The number of hydrogen-bond donors (Lipinski definition) is 1. The Hall–Kier alpha value is -1.16. The molecule has 1 aromatic rings. The van der Waals surface area contributed by atoms with Crippen LogP contribution < -0.4 is 5.73 Å². The van der Waals surface area contributed by atoms with Crippen LogP contribution in [0.1, 0.15) is 19.5 Å². The van der Waals surface area contributed by atoms with Crippen LogP contribution in [0.25, 0.3) is 0 Å². The zero-order valence-corrected chi connectivity index (χ0v) is 8.95. The monoisotopic (exact) mass is 195 g/mol. The highest BCUT2D eigenvalue weighted by molar-refractivity contribution is 5.85. The molecule has 0 amide bonds. The summed E-state index contributed by atoms with van der Waals surface area (Å²) in [7, 11) is 1.84. The largest absolute Gasteiger partial charge is 0.329 e. The molecule has 0 bridgehead atoms. The van der Waals surface area contributed by atoms with Crippen LogP contribution in [0.2, 0.25) is 0 Å². The Morgan fingerprint density at radius 1 is 1.64 bits per heavy atom. The van der Waals surface area contributed by atoms with Crippen LogP contribution in [0, 0.1) is 5.41 Å². The minimum absolute atomic E-state index is 0.138. The van der Waals surface area contributed by atoms with Gasteiger partial charge in [-0.05, 0) is 6.07 Å². The Morgan fingerprint density at radius 3 is 2.71 bits per heavy atom. The van der Waals surface area contributed by atoms with Crippen LogP contribution >= 0.6 is 0 Å². The van der Waals surface area contributed by atoms with Gasteiger partial charge in [-0.3, -0.25) is 9.48 Å². The summed E-state index contributed by atoms with van der Waals surface area (Å²) in [5.41, 5.74) is 5.88. The Bertz CT molecular complexity index is 328. The fourth-order valence-electron chi connectivity index (χ4n) is 1.08. The number of aromatic nitrogens is 2. The molecule has 2 N–H and O–H groups in total. The number of carbonyl (C=O) groups is 1. The number of aryl methyl sites for hydroxylation is 1. The standard InChI is InChI=1S/C10H17N3O/c1-10(2,7-11)9(14)6-8-4-5-13(3)12-8/h4-5H,6-7,11H2,1-3H3. The van der Waals surface area contributed by atoms with E-state index in [-0.39, 0.29) is 5.78 Å². The van der Waals surface area contributed by atoms with Crippen molar-refractivity contribution in [3.63, 3.8) is 0 Å². The van der Waals surface area contributed by atoms with E-state index >= 15 is 0 Å². The first kappa shape index (κ1) is 10.9. The molecule has 1 rings (SSSR count). The van der Waals surface area contributed by atoms with E-state index in [1.165, 1.54) is 0 Å². The van der Waals surface area contributed by atoms with E-state index in [9.17, 15) is 4.79 Å². The Kier molecular flexibility index (Phi) is 3.06. The van der Waals surface area contributed by atoms with E-state index in [1.807, 2.05) is 33.2 Å². The number of rotatable bonds is 4. The molecule has 0 unspecified atom stereocenters. The molecule has 78 valence electrons. The molecule has 0 aliphatic rings. The molecule has 4 nitrogen and oxygen atoms in total. The van der Waals surface area contributed by atoms with Crippen molar-refractivity contribution < 1.29 is 4.79 Å². The molecule has 1 heterocycles. The number of nitrogens with two attached hydrogens (primary N) is 1. The van der Waals surface area contributed by atoms with Gasteiger partial charge in [0.15, 0.2) is 0 Å². The maximum atomic E-state index is 11.7. The average molecular weight is 195 g/mol. The normalized spacial score (nSPS) is 11.7. The SMILES string of the molecule is Cn1ccc(CC(=O)C(C)(C)CN)n1. The van der Waals surface area contributed by atoms with Crippen LogP contribution in [0.4, 0.5) is 0 Å². The molecule has 0 aromatic carbocycles. The van der Waals surface area contributed by atoms with Crippen LogP contribution in [0.3, 0.4) is 0 Å². The third kappa shape index (κ3) is 2.42. The second-order valence-corrected chi connectivity index (χ2v) is 4.17. The van der Waals surface area contributed by atoms with Gasteiger partial charge in [0.1, 0.15) is 5.78 Å². The summed E-state index contributed by atoms with van der Waals surface area (Å²) < 4.78 is 1.69. The highest BCUT2D eigenvalue weighted by atomic mass is 16.1. The van der Waals surface area contributed by atoms with Crippen molar-refractivity contribution in [2.75, 3.05) is 6.54 Å². The van der Waals surface area contributed by atoms with E-state index in [2.05, 4.69) is 5.10 Å². The van der Waals surface area contributed by atoms with Crippen molar-refractivity contribution in [2.45, 2.75) is 20.3 Å². The first-order valence-corrected chi connectivity index (χ1v) is 4.67. The van der Waals surface area contributed by atoms with Crippen molar-refractivity contribution in [1.29, 1.82) is 0 Å². The van der Waals surface area contributed by atoms with Gasteiger partial charge < -0.3 is 5.73 Å². The molecule has 1 aromatic heterocycles. The van der Waals surface area contributed by atoms with E-state index < -0.39 is 5.41 Å². The van der Waals surface area contributed by atoms with E-state index in [4.69, 9.17) is 5.73 Å². The topological polar surface area (TPSA) is 60.9 Å². The summed E-state index contributed by atoms with van der Waals surface area (Å²) in [4.78, 5) is 11.7. The van der Waals surface area contributed by atoms with Crippen molar-refractivity contribution in [1.82, 2.24) is 9.78 Å². The fourth-order valence-corrected chi connectivity index (χ4v) is 1.08. The fraction of sp³-hybridized carbons (Fsp3) is 0.600. The summed E-state index contributed by atoms with van der Waals surface area (Å²) in [6.45, 7) is 4.09. The Labute approximate surface area is 84.1 Å². The van der Waals surface area contributed by atoms with Crippen LogP contribution in [-0.2, 0) is 18.3 Å². The van der Waals surface area contributed by atoms with Crippen molar-refractivity contribution in [2.24, 2.45) is 18.2 Å². The zero-order chi connectivity index (χ0) is 10.8. The molecular weight excluding hydrogens is 178 g/mol. The van der Waals surface area contributed by atoms with Gasteiger partial charge in [0.25, 0.3) is 0 Å². The van der Waals surface area contributed by atoms with Crippen molar-refractivity contribution >= 4 is 5.78 Å². The van der Waals surface area contributed by atoms with Gasteiger partial charge in [0.2, 0.25) is 0 Å². The molecule has 0 aliphatic carbocycles. The minimum atomic E-state index is -0.447. The van der Waals surface area contributed by atoms with Crippen LogP contribution in [0.15, 0.2) is 12.3 Å². The number of carbonyl (C=O) groups excluding carboxylic acids is 1. The number of ketones is 1. The van der Waals surface area contributed by atoms with Crippen LogP contribution in [0.5, 0.6) is 0 Å². The van der Waals surface area contributed by atoms with E-state index in [1.54, 1.807) is 4.68 Å². The second-order valence-electron chi connectivity index (χ2n) is 4.17. The molecule has 14 heavy (non-hydrogen) atoms. The molecule has 0 radical (unpaired) electrons. The summed E-state index contributed by atoms with van der Waals surface area (Å²) in [6, 6.07) is 1.85. The van der Waals surface area contributed by atoms with Gasteiger partial charge >= 0.3 is 0 Å². The first-order valence-electron chi connectivity index (χ1n) is 4.67. The second kappa shape index (κ2) is 3.92. The predicted molar refractivity (Wildman–Crippen MR) is 54.8 cm³/mol. The molecule has 0 atom stereocenters. The highest BCUT2D eigenvalue weighted by Gasteiger charge is 2.25. The number of Topliss-reactive ketones (excluding diaryl/α,β-unsaturated/α-hetero) is 1. The lowest BCUT2D eigenvalue weighted by Gasteiger charge is -2.19. The summed E-state index contributed by atoms with van der Waals surface area (Å²) in [6.07, 6.45) is 2.20. The van der Waals surface area contributed by atoms with E-state index in [0.29, 0.717) is 13.0 Å². The van der Waals surface area contributed by atoms with Gasteiger partial charge in [-0.15, -0.1) is 0 Å². The molecular formula is C10H17N3O. The predicted octanol–water partition coefficient (Wildman–Crippen LogP) is 0.517. The maximum Gasteiger partial charge on any atom is 0.145 e. The van der Waals surface area contributed by atoms with Gasteiger partial charge in [0.05, 0.1) is 12.1 Å². The molecule has 0 fully saturated rings. The Balaban J connectivity index is 2.66. The lowest BCUT2D eigenvalue weighted by atomic mass is 9.86. The zero-order valence-electron chi connectivity index (χ0n) is 8.95. The van der Waals surface area contributed by atoms with Gasteiger partial charge in [-0.1, -0.05) is 13.8 Å². The van der Waals surface area contributed by atoms with Crippen molar-refractivity contribution in [3.05, 3.63) is 18.0 Å². The average Bonchev–Trinajstić information content (AvgIpc) is 2.51. The molecule has 0 saturated heterocycles. The molecule has 0 saturated carbocycles. The number of nitrogens with zero attached hydrogens (tertiary/aromatic N) is 2. The molecule has 0 spiro atoms. The van der Waals surface area contributed by atoms with E-state index in [0.717, 1.165) is 5.69 Å². The molecule has 0 aliphatic heterocycles. The first-order chi connectivity index (χ1) is 6.45. The van der Waals surface area contributed by atoms with Crippen molar-refractivity contribution in [3.8, 4) is 0 Å². The lowest BCUT2D eigenvalue weighted by Crippen LogP contribution is -2.33. The lowest BCUT2D eigenvalue weighted by molar-refractivity contribution is -0.126. The highest BCUT2D eigenvalue weighted by Crippen LogP contribution is 2.16. The number of hydrogen-bond acceptors (Lipinski definition) is 3. The Morgan fingerprint density at radius 2 is 2.29 bits per heavy atom. The van der Waals surface area contributed by atoms with Gasteiger partial charge in [-0.2, -0.15) is 5.10 Å². The minimum Gasteiger partial charge on any atom is -0.329 e. The van der Waals surface area contributed by atoms with Gasteiger partial charge in [-0.25, -0.2) is 0 Å². The smallest absolute Gasteiger partial charge is 0.145 e. The third-order valence-corrected chi connectivity index (χ3v) is 2.38.